The van der Waals surface area contributed by atoms with Gasteiger partial charge in [0.1, 0.15) is 5.78 Å². The molecule has 1 atom stereocenters. The molecule has 0 aromatic heterocycles. The summed E-state index contributed by atoms with van der Waals surface area (Å²) < 4.78 is 0. The van der Waals surface area contributed by atoms with Crippen LogP contribution in [0.25, 0.3) is 0 Å². The zero-order valence-corrected chi connectivity index (χ0v) is 6.76. The summed E-state index contributed by atoms with van der Waals surface area (Å²) in [5.74, 6) is 0.333. The van der Waals surface area contributed by atoms with Crippen molar-refractivity contribution in [2.24, 2.45) is 0 Å². The minimum absolute atomic E-state index is 0.241. The highest BCUT2D eigenvalue weighted by Crippen LogP contribution is 2.16. The number of carbonyl (C=O) groups is 1. The smallest absolute Gasteiger partial charge is 0.146 e. The fraction of sp³-hybridized carbons (Fsp3) is 0.875. The number of likely N-dealkylation sites (tertiary alicyclic amines) is 1. The SMILES string of the molecule is CCN1CCCC1C(C)=O. The lowest BCUT2D eigenvalue weighted by Crippen LogP contribution is -2.34. The minimum atomic E-state index is 0.241. The predicted octanol–water partition coefficient (Wildman–Crippen LogP) is 1.06. The molecule has 1 aliphatic heterocycles. The number of hydrogen-bond acceptors (Lipinski definition) is 2. The third-order valence-electron chi connectivity index (χ3n) is 2.24. The van der Waals surface area contributed by atoms with E-state index in [4.69, 9.17) is 0 Å². The van der Waals surface area contributed by atoms with Crippen molar-refractivity contribution in [1.29, 1.82) is 0 Å². The molecule has 0 aromatic rings. The van der Waals surface area contributed by atoms with Crippen LogP contribution in [0.15, 0.2) is 0 Å². The van der Waals surface area contributed by atoms with Crippen molar-refractivity contribution < 1.29 is 4.79 Å². The molecule has 10 heavy (non-hydrogen) atoms. The van der Waals surface area contributed by atoms with E-state index in [2.05, 4.69) is 11.8 Å². The van der Waals surface area contributed by atoms with Crippen LogP contribution in [0.1, 0.15) is 26.7 Å². The second kappa shape index (κ2) is 3.15. The molecule has 1 fully saturated rings. The van der Waals surface area contributed by atoms with Crippen LogP contribution in [0.2, 0.25) is 0 Å². The molecule has 0 aliphatic carbocycles. The fourth-order valence-electron chi connectivity index (χ4n) is 1.67. The summed E-state index contributed by atoms with van der Waals surface area (Å²) in [6.45, 7) is 5.94. The Morgan fingerprint density at radius 1 is 1.70 bits per heavy atom. The Balaban J connectivity index is 2.50. The molecule has 0 bridgehead atoms. The summed E-state index contributed by atoms with van der Waals surface area (Å²) in [7, 11) is 0. The largest absolute Gasteiger partial charge is 0.298 e. The van der Waals surface area contributed by atoms with Crippen molar-refractivity contribution in [3.63, 3.8) is 0 Å². The molecule has 0 radical (unpaired) electrons. The van der Waals surface area contributed by atoms with E-state index in [1.165, 1.54) is 6.42 Å². The quantitative estimate of drug-likeness (QED) is 0.573. The van der Waals surface area contributed by atoms with E-state index >= 15 is 0 Å². The zero-order chi connectivity index (χ0) is 7.56. The molecular weight excluding hydrogens is 126 g/mol. The minimum Gasteiger partial charge on any atom is -0.298 e. The second-order valence-corrected chi connectivity index (χ2v) is 2.90. The second-order valence-electron chi connectivity index (χ2n) is 2.90. The summed E-state index contributed by atoms with van der Waals surface area (Å²) >= 11 is 0. The summed E-state index contributed by atoms with van der Waals surface area (Å²) in [6.07, 6.45) is 2.27. The first-order valence-electron chi connectivity index (χ1n) is 4.00. The first kappa shape index (κ1) is 7.73. The van der Waals surface area contributed by atoms with Crippen LogP contribution in [-0.2, 0) is 4.79 Å². The Bertz CT molecular complexity index is 133. The van der Waals surface area contributed by atoms with Crippen LogP contribution in [0.4, 0.5) is 0 Å². The normalized spacial score (nSPS) is 27.2. The van der Waals surface area contributed by atoms with Crippen molar-refractivity contribution >= 4 is 5.78 Å². The van der Waals surface area contributed by atoms with Gasteiger partial charge < -0.3 is 0 Å². The molecule has 0 spiro atoms. The summed E-state index contributed by atoms with van der Waals surface area (Å²) in [5.41, 5.74) is 0. The number of carbonyl (C=O) groups excluding carboxylic acids is 1. The molecule has 1 rings (SSSR count). The molecular formula is C8H15NO. The van der Waals surface area contributed by atoms with Gasteiger partial charge in [-0.1, -0.05) is 6.92 Å². The summed E-state index contributed by atoms with van der Waals surface area (Å²) in [5, 5.41) is 0. The van der Waals surface area contributed by atoms with Gasteiger partial charge in [-0.2, -0.15) is 0 Å². The fourth-order valence-corrected chi connectivity index (χ4v) is 1.67. The van der Waals surface area contributed by atoms with E-state index in [1.807, 2.05) is 0 Å². The Labute approximate surface area is 62.2 Å². The van der Waals surface area contributed by atoms with Gasteiger partial charge in [0.05, 0.1) is 6.04 Å². The highest BCUT2D eigenvalue weighted by molar-refractivity contribution is 5.81. The molecule has 0 amide bonds. The van der Waals surface area contributed by atoms with E-state index in [0.717, 1.165) is 19.5 Å². The van der Waals surface area contributed by atoms with Crippen LogP contribution in [0, 0.1) is 0 Å². The first-order valence-corrected chi connectivity index (χ1v) is 4.00. The zero-order valence-electron chi connectivity index (χ0n) is 6.76. The van der Waals surface area contributed by atoms with Crippen LogP contribution in [0.3, 0.4) is 0 Å². The number of nitrogens with zero attached hydrogens (tertiary/aromatic N) is 1. The molecule has 0 N–H and O–H groups in total. The lowest BCUT2D eigenvalue weighted by Gasteiger charge is -2.19. The Hall–Kier alpha value is -0.370. The van der Waals surface area contributed by atoms with Gasteiger partial charge in [0, 0.05) is 0 Å². The summed E-state index contributed by atoms with van der Waals surface area (Å²) in [4.78, 5) is 13.2. The monoisotopic (exact) mass is 141 g/mol. The summed E-state index contributed by atoms with van der Waals surface area (Å²) in [6, 6.07) is 0.241. The number of Topliss-reactive ketones (excluding diaryl/α,β-unsaturated/α-hetero) is 1. The number of rotatable bonds is 2. The molecule has 58 valence electrons. The van der Waals surface area contributed by atoms with Crippen LogP contribution in [-0.4, -0.2) is 29.8 Å². The maximum absolute atomic E-state index is 11.0. The van der Waals surface area contributed by atoms with Crippen molar-refractivity contribution in [3.8, 4) is 0 Å². The van der Waals surface area contributed by atoms with E-state index in [9.17, 15) is 4.79 Å². The van der Waals surface area contributed by atoms with Gasteiger partial charge in [-0.15, -0.1) is 0 Å². The number of hydrogen-bond donors (Lipinski definition) is 0. The first-order chi connectivity index (χ1) is 4.75. The van der Waals surface area contributed by atoms with E-state index in [1.54, 1.807) is 6.92 Å². The maximum Gasteiger partial charge on any atom is 0.146 e. The van der Waals surface area contributed by atoms with Crippen LogP contribution in [0.5, 0.6) is 0 Å². The molecule has 0 aromatic carbocycles. The maximum atomic E-state index is 11.0. The van der Waals surface area contributed by atoms with Gasteiger partial charge in [-0.3, -0.25) is 9.69 Å². The molecule has 1 saturated heterocycles. The van der Waals surface area contributed by atoms with Gasteiger partial charge in [-0.05, 0) is 32.9 Å². The van der Waals surface area contributed by atoms with Crippen molar-refractivity contribution in [2.45, 2.75) is 32.7 Å². The van der Waals surface area contributed by atoms with Gasteiger partial charge >= 0.3 is 0 Å². The van der Waals surface area contributed by atoms with Gasteiger partial charge in [0.25, 0.3) is 0 Å². The Kier molecular flexibility index (Phi) is 2.44. The standard InChI is InChI=1S/C8H15NO/c1-3-9-6-4-5-8(9)7(2)10/h8H,3-6H2,1-2H3. The Morgan fingerprint density at radius 2 is 2.40 bits per heavy atom. The van der Waals surface area contributed by atoms with Crippen molar-refractivity contribution in [3.05, 3.63) is 0 Å². The van der Waals surface area contributed by atoms with E-state index < -0.39 is 0 Å². The lowest BCUT2D eigenvalue weighted by atomic mass is 10.1. The third-order valence-corrected chi connectivity index (χ3v) is 2.24. The van der Waals surface area contributed by atoms with Crippen molar-refractivity contribution in [1.82, 2.24) is 4.90 Å². The number of ketones is 1. The van der Waals surface area contributed by atoms with Gasteiger partial charge in [0.15, 0.2) is 0 Å². The van der Waals surface area contributed by atoms with Crippen LogP contribution >= 0.6 is 0 Å². The van der Waals surface area contributed by atoms with E-state index in [-0.39, 0.29) is 6.04 Å². The van der Waals surface area contributed by atoms with E-state index in [0.29, 0.717) is 5.78 Å². The molecule has 1 unspecified atom stereocenters. The van der Waals surface area contributed by atoms with Gasteiger partial charge in [0.2, 0.25) is 0 Å². The topological polar surface area (TPSA) is 20.3 Å². The number of likely N-dealkylation sites (N-methyl/N-ethyl adjacent to an activating group) is 1. The third kappa shape index (κ3) is 1.37. The van der Waals surface area contributed by atoms with Crippen LogP contribution < -0.4 is 0 Å². The highest BCUT2D eigenvalue weighted by atomic mass is 16.1. The molecule has 1 heterocycles. The molecule has 0 saturated carbocycles. The molecule has 2 heteroatoms. The molecule has 2 nitrogen and oxygen atoms in total. The Morgan fingerprint density at radius 3 is 2.80 bits per heavy atom. The lowest BCUT2D eigenvalue weighted by molar-refractivity contribution is -0.121. The average molecular weight is 141 g/mol. The predicted molar refractivity (Wildman–Crippen MR) is 41.0 cm³/mol. The van der Waals surface area contributed by atoms with Gasteiger partial charge in [-0.25, -0.2) is 0 Å². The molecule has 1 aliphatic rings. The average Bonchev–Trinajstić information content (AvgIpc) is 2.33. The van der Waals surface area contributed by atoms with Crippen molar-refractivity contribution in [2.75, 3.05) is 13.1 Å². The highest BCUT2D eigenvalue weighted by Gasteiger charge is 2.25.